The molecule has 29 heavy (non-hydrogen) atoms. The molecule has 0 radical (unpaired) electrons. The fourth-order valence-electron chi connectivity index (χ4n) is 5.04. The molecule has 0 bridgehead atoms. The Hall–Kier alpha value is -1.30. The van der Waals surface area contributed by atoms with Crippen molar-refractivity contribution in [3.05, 3.63) is 65.2 Å². The van der Waals surface area contributed by atoms with Gasteiger partial charge in [0.05, 0.1) is 6.61 Å². The van der Waals surface area contributed by atoms with Gasteiger partial charge in [-0.1, -0.05) is 42.5 Å². The molecule has 4 rings (SSSR count). The van der Waals surface area contributed by atoms with Crippen LogP contribution >= 0.6 is 24.8 Å². The maximum absolute atomic E-state index is 9.06. The number of aliphatic hydroxyl groups is 1. The summed E-state index contributed by atoms with van der Waals surface area (Å²) in [6, 6.07) is 17.6. The monoisotopic (exact) mass is 438 g/mol. The normalized spacial score (nSPS) is 23.9. The molecule has 1 N–H and O–H groups in total. The largest absolute Gasteiger partial charge is 0.491 e. The Morgan fingerprint density at radius 1 is 1.00 bits per heavy atom. The average Bonchev–Trinajstić information content (AvgIpc) is 3.17. The number of aryl methyl sites for hydroxylation is 1. The number of halogens is 2. The van der Waals surface area contributed by atoms with Crippen molar-refractivity contribution >= 4 is 24.8 Å². The molecule has 0 aromatic heterocycles. The van der Waals surface area contributed by atoms with E-state index in [1.54, 1.807) is 0 Å². The Labute approximate surface area is 186 Å². The molecule has 2 heterocycles. The van der Waals surface area contributed by atoms with E-state index in [1.807, 2.05) is 12.1 Å². The van der Waals surface area contributed by atoms with Gasteiger partial charge in [0.15, 0.2) is 0 Å². The highest BCUT2D eigenvalue weighted by molar-refractivity contribution is 5.85. The zero-order valence-electron chi connectivity index (χ0n) is 17.2. The SMILES string of the molecule is Cc1ccccc1[C@H]1[C@@H]2CN(Cc3ccccc3OCCO)C[C@@H]2CN1C.Cl.Cl. The molecule has 0 unspecified atom stereocenters. The van der Waals surface area contributed by atoms with Crippen LogP contribution in [-0.2, 0) is 6.54 Å². The predicted molar refractivity (Wildman–Crippen MR) is 122 cm³/mol. The number of likely N-dealkylation sites (tertiary alicyclic amines) is 2. The summed E-state index contributed by atoms with van der Waals surface area (Å²) < 4.78 is 5.73. The number of rotatable bonds is 6. The lowest BCUT2D eigenvalue weighted by Gasteiger charge is -2.28. The first-order valence-corrected chi connectivity index (χ1v) is 9.97. The van der Waals surface area contributed by atoms with E-state index in [1.165, 1.54) is 23.2 Å². The summed E-state index contributed by atoms with van der Waals surface area (Å²) in [6.07, 6.45) is 0. The zero-order valence-corrected chi connectivity index (χ0v) is 18.8. The highest BCUT2D eigenvalue weighted by Crippen LogP contribution is 2.45. The van der Waals surface area contributed by atoms with Gasteiger partial charge in [-0.2, -0.15) is 0 Å². The van der Waals surface area contributed by atoms with E-state index in [4.69, 9.17) is 9.84 Å². The minimum Gasteiger partial charge on any atom is -0.491 e. The van der Waals surface area contributed by atoms with Crippen LogP contribution in [0, 0.1) is 18.8 Å². The molecular formula is C23H32Cl2N2O2. The van der Waals surface area contributed by atoms with Gasteiger partial charge < -0.3 is 9.84 Å². The van der Waals surface area contributed by atoms with Gasteiger partial charge in [0.2, 0.25) is 0 Å². The highest BCUT2D eigenvalue weighted by atomic mass is 35.5. The summed E-state index contributed by atoms with van der Waals surface area (Å²) in [5, 5.41) is 9.06. The van der Waals surface area contributed by atoms with Crippen molar-refractivity contribution in [2.75, 3.05) is 39.9 Å². The van der Waals surface area contributed by atoms with Crippen LogP contribution in [0.15, 0.2) is 48.5 Å². The molecule has 160 valence electrons. The van der Waals surface area contributed by atoms with Crippen molar-refractivity contribution in [1.82, 2.24) is 9.80 Å². The lowest BCUT2D eigenvalue weighted by molar-refractivity contribution is 0.195. The van der Waals surface area contributed by atoms with Crippen molar-refractivity contribution in [2.45, 2.75) is 19.5 Å². The summed E-state index contributed by atoms with van der Waals surface area (Å²) in [6.45, 7) is 6.99. The van der Waals surface area contributed by atoms with Gasteiger partial charge in [-0.05, 0) is 43.0 Å². The van der Waals surface area contributed by atoms with Crippen LogP contribution in [0.5, 0.6) is 5.75 Å². The molecule has 0 spiro atoms. The van der Waals surface area contributed by atoms with Crippen LogP contribution in [0.25, 0.3) is 0 Å². The molecule has 2 saturated heterocycles. The third kappa shape index (κ3) is 5.07. The Morgan fingerprint density at radius 2 is 1.72 bits per heavy atom. The highest BCUT2D eigenvalue weighted by Gasteiger charge is 2.46. The first kappa shape index (κ1) is 24.0. The number of fused-ring (bicyclic) bond motifs is 1. The molecular weight excluding hydrogens is 407 g/mol. The zero-order chi connectivity index (χ0) is 18.8. The quantitative estimate of drug-likeness (QED) is 0.740. The molecule has 6 heteroatoms. The molecule has 3 atom stereocenters. The van der Waals surface area contributed by atoms with Gasteiger partial charge in [-0.25, -0.2) is 0 Å². The van der Waals surface area contributed by atoms with E-state index in [-0.39, 0.29) is 31.4 Å². The van der Waals surface area contributed by atoms with E-state index >= 15 is 0 Å². The van der Waals surface area contributed by atoms with Crippen molar-refractivity contribution in [1.29, 1.82) is 0 Å². The van der Waals surface area contributed by atoms with Crippen molar-refractivity contribution in [3.8, 4) is 5.75 Å². The van der Waals surface area contributed by atoms with Gasteiger partial charge in [0, 0.05) is 37.8 Å². The molecule has 2 aromatic rings. The van der Waals surface area contributed by atoms with Gasteiger partial charge in [0.1, 0.15) is 12.4 Å². The van der Waals surface area contributed by atoms with Gasteiger partial charge in [0.25, 0.3) is 0 Å². The maximum atomic E-state index is 9.06. The van der Waals surface area contributed by atoms with Gasteiger partial charge in [-0.3, -0.25) is 9.80 Å². The Balaban J connectivity index is 0.00000150. The van der Waals surface area contributed by atoms with E-state index in [0.717, 1.165) is 31.3 Å². The lowest BCUT2D eigenvalue weighted by atomic mass is 9.88. The number of ether oxygens (including phenoxy) is 1. The minimum absolute atomic E-state index is 0. The summed E-state index contributed by atoms with van der Waals surface area (Å²) in [7, 11) is 2.28. The third-order valence-electron chi connectivity index (χ3n) is 6.19. The van der Waals surface area contributed by atoms with Crippen LogP contribution < -0.4 is 4.74 Å². The van der Waals surface area contributed by atoms with Crippen molar-refractivity contribution in [3.63, 3.8) is 0 Å². The first-order valence-electron chi connectivity index (χ1n) is 9.97. The van der Waals surface area contributed by atoms with E-state index < -0.39 is 0 Å². The summed E-state index contributed by atoms with van der Waals surface area (Å²) in [4.78, 5) is 5.13. The molecule has 0 amide bonds. The summed E-state index contributed by atoms with van der Waals surface area (Å²) >= 11 is 0. The Morgan fingerprint density at radius 3 is 2.48 bits per heavy atom. The molecule has 2 aromatic carbocycles. The van der Waals surface area contributed by atoms with Crippen LogP contribution in [0.4, 0.5) is 0 Å². The van der Waals surface area contributed by atoms with Gasteiger partial charge in [-0.15, -0.1) is 24.8 Å². The molecule has 2 aliphatic rings. The second-order valence-corrected chi connectivity index (χ2v) is 8.04. The van der Waals surface area contributed by atoms with Crippen LogP contribution in [0.2, 0.25) is 0 Å². The Kier molecular flexibility index (Phi) is 8.80. The number of aliphatic hydroxyl groups excluding tert-OH is 1. The topological polar surface area (TPSA) is 35.9 Å². The summed E-state index contributed by atoms with van der Waals surface area (Å²) in [5.74, 6) is 2.31. The standard InChI is InChI=1S/C23H30N2O2.2ClH/c1-17-7-3-5-9-20(17)23-21-16-25(15-19(21)13-24(23)2)14-18-8-4-6-10-22(18)27-12-11-26;;/h3-10,19,21,23,26H,11-16H2,1-2H3;2*1H/t19-,21+,23-;;/m0../s1. The Bertz CT molecular complexity index is 789. The van der Waals surface area contributed by atoms with E-state index in [2.05, 4.69) is 60.2 Å². The van der Waals surface area contributed by atoms with Crippen LogP contribution in [0.1, 0.15) is 22.7 Å². The maximum Gasteiger partial charge on any atom is 0.123 e. The predicted octanol–water partition coefficient (Wildman–Crippen LogP) is 3.94. The summed E-state index contributed by atoms with van der Waals surface area (Å²) in [5.41, 5.74) is 4.10. The molecule has 4 nitrogen and oxygen atoms in total. The molecule has 0 saturated carbocycles. The van der Waals surface area contributed by atoms with E-state index in [0.29, 0.717) is 18.6 Å². The second kappa shape index (κ2) is 10.6. The number of benzene rings is 2. The van der Waals surface area contributed by atoms with Crippen molar-refractivity contribution in [2.24, 2.45) is 11.8 Å². The fourth-order valence-corrected chi connectivity index (χ4v) is 5.04. The molecule has 0 aliphatic carbocycles. The smallest absolute Gasteiger partial charge is 0.123 e. The number of hydrogen-bond acceptors (Lipinski definition) is 4. The van der Waals surface area contributed by atoms with Crippen LogP contribution in [0.3, 0.4) is 0 Å². The van der Waals surface area contributed by atoms with Gasteiger partial charge >= 0.3 is 0 Å². The fraction of sp³-hybridized carbons (Fsp3) is 0.478. The minimum atomic E-state index is 0. The number of hydrogen-bond donors (Lipinski definition) is 1. The number of nitrogens with zero attached hydrogens (tertiary/aromatic N) is 2. The lowest BCUT2D eigenvalue weighted by Crippen LogP contribution is -2.29. The van der Waals surface area contributed by atoms with E-state index in [9.17, 15) is 0 Å². The molecule has 2 fully saturated rings. The third-order valence-corrected chi connectivity index (χ3v) is 6.19. The second-order valence-electron chi connectivity index (χ2n) is 8.04. The number of para-hydroxylation sites is 1. The first-order chi connectivity index (χ1) is 13.2. The van der Waals surface area contributed by atoms with Crippen molar-refractivity contribution < 1.29 is 9.84 Å². The van der Waals surface area contributed by atoms with Crippen LogP contribution in [-0.4, -0.2) is 54.8 Å². The average molecular weight is 439 g/mol. The molecule has 2 aliphatic heterocycles.